The van der Waals surface area contributed by atoms with Crippen LogP contribution in [-0.4, -0.2) is 13.2 Å². The van der Waals surface area contributed by atoms with Crippen molar-refractivity contribution in [2.45, 2.75) is 12.8 Å². The van der Waals surface area contributed by atoms with Crippen LogP contribution < -0.4 is 10.5 Å². The van der Waals surface area contributed by atoms with Crippen molar-refractivity contribution in [1.29, 1.82) is 0 Å². The number of nitrogens with two attached hydrogens (primary N) is 1. The predicted octanol–water partition coefficient (Wildman–Crippen LogP) is 1.76. The second-order valence-corrected chi connectivity index (χ2v) is 3.67. The van der Waals surface area contributed by atoms with Gasteiger partial charge < -0.3 is 10.5 Å². The number of benzene rings is 1. The first-order chi connectivity index (χ1) is 6.33. The quantitative estimate of drug-likeness (QED) is 0.747. The van der Waals surface area contributed by atoms with E-state index in [0.29, 0.717) is 11.8 Å². The smallest absolute Gasteiger partial charge is 0.122 e. The van der Waals surface area contributed by atoms with Gasteiger partial charge in [-0.3, -0.25) is 0 Å². The Labute approximate surface area is 78.7 Å². The molecule has 2 atom stereocenters. The largest absolute Gasteiger partial charge is 0.493 e. The average molecular weight is 177 g/mol. The summed E-state index contributed by atoms with van der Waals surface area (Å²) >= 11 is 0. The Hall–Kier alpha value is -1.02. The molecule has 1 unspecified atom stereocenters. The third-order valence-electron chi connectivity index (χ3n) is 2.80. The van der Waals surface area contributed by atoms with E-state index in [1.807, 2.05) is 12.1 Å². The van der Waals surface area contributed by atoms with Crippen LogP contribution in [-0.2, 0) is 0 Å². The Kier molecular flexibility index (Phi) is 2.23. The minimum Gasteiger partial charge on any atom is -0.493 e. The SMILES string of the molecule is C[C@H](CN)C1COc2ccccc21. The Morgan fingerprint density at radius 3 is 3.08 bits per heavy atom. The van der Waals surface area contributed by atoms with E-state index in [1.54, 1.807) is 0 Å². The molecule has 2 rings (SSSR count). The molecule has 0 aromatic heterocycles. The van der Waals surface area contributed by atoms with Crippen molar-refractivity contribution in [2.24, 2.45) is 11.7 Å². The number of fused-ring (bicyclic) bond motifs is 1. The molecule has 2 nitrogen and oxygen atoms in total. The zero-order chi connectivity index (χ0) is 9.26. The highest BCUT2D eigenvalue weighted by molar-refractivity contribution is 5.39. The second-order valence-electron chi connectivity index (χ2n) is 3.67. The summed E-state index contributed by atoms with van der Waals surface area (Å²) in [6, 6.07) is 8.23. The maximum atomic E-state index is 5.65. The molecule has 0 aliphatic carbocycles. The zero-order valence-corrected chi connectivity index (χ0v) is 7.86. The summed E-state index contributed by atoms with van der Waals surface area (Å²) in [7, 11) is 0. The first-order valence-corrected chi connectivity index (χ1v) is 4.74. The summed E-state index contributed by atoms with van der Waals surface area (Å²) in [5, 5.41) is 0. The summed E-state index contributed by atoms with van der Waals surface area (Å²) in [5.41, 5.74) is 6.97. The van der Waals surface area contributed by atoms with Gasteiger partial charge in [-0.25, -0.2) is 0 Å². The van der Waals surface area contributed by atoms with Gasteiger partial charge in [0, 0.05) is 11.5 Å². The van der Waals surface area contributed by atoms with Crippen LogP contribution in [0.5, 0.6) is 5.75 Å². The van der Waals surface area contributed by atoms with Gasteiger partial charge in [-0.2, -0.15) is 0 Å². The van der Waals surface area contributed by atoms with Crippen LogP contribution in [0.1, 0.15) is 18.4 Å². The summed E-state index contributed by atoms with van der Waals surface area (Å²) in [5.74, 6) is 2.03. The van der Waals surface area contributed by atoms with Crippen molar-refractivity contribution in [3.05, 3.63) is 29.8 Å². The number of ether oxygens (including phenoxy) is 1. The van der Waals surface area contributed by atoms with Crippen LogP contribution >= 0.6 is 0 Å². The maximum Gasteiger partial charge on any atom is 0.122 e. The van der Waals surface area contributed by atoms with Crippen molar-refractivity contribution in [3.8, 4) is 5.75 Å². The van der Waals surface area contributed by atoms with E-state index in [1.165, 1.54) is 5.56 Å². The van der Waals surface area contributed by atoms with Gasteiger partial charge in [-0.1, -0.05) is 25.1 Å². The van der Waals surface area contributed by atoms with E-state index < -0.39 is 0 Å². The Bertz CT molecular complexity index is 298. The lowest BCUT2D eigenvalue weighted by molar-refractivity contribution is 0.299. The van der Waals surface area contributed by atoms with Crippen LogP contribution in [0, 0.1) is 5.92 Å². The minimum atomic E-state index is 0.487. The van der Waals surface area contributed by atoms with E-state index in [4.69, 9.17) is 10.5 Å². The molecule has 0 spiro atoms. The van der Waals surface area contributed by atoms with Crippen molar-refractivity contribution in [2.75, 3.05) is 13.2 Å². The number of hydrogen-bond acceptors (Lipinski definition) is 2. The lowest BCUT2D eigenvalue weighted by atomic mass is 9.89. The fourth-order valence-corrected chi connectivity index (χ4v) is 1.82. The molecule has 0 saturated carbocycles. The average Bonchev–Trinajstić information content (AvgIpc) is 2.60. The highest BCUT2D eigenvalue weighted by Gasteiger charge is 2.27. The van der Waals surface area contributed by atoms with E-state index in [-0.39, 0.29) is 0 Å². The standard InChI is InChI=1S/C11H15NO/c1-8(6-12)10-7-13-11-5-3-2-4-9(10)11/h2-5,8,10H,6-7,12H2,1H3/t8-,10?/m1/s1. The molecule has 2 N–H and O–H groups in total. The first kappa shape index (κ1) is 8.57. The monoisotopic (exact) mass is 177 g/mol. The van der Waals surface area contributed by atoms with Crippen LogP contribution in [0.15, 0.2) is 24.3 Å². The van der Waals surface area contributed by atoms with E-state index >= 15 is 0 Å². The fraction of sp³-hybridized carbons (Fsp3) is 0.455. The van der Waals surface area contributed by atoms with Crippen molar-refractivity contribution < 1.29 is 4.74 Å². The van der Waals surface area contributed by atoms with Crippen LogP contribution in [0.4, 0.5) is 0 Å². The molecule has 13 heavy (non-hydrogen) atoms. The molecule has 0 fully saturated rings. The molecule has 70 valence electrons. The van der Waals surface area contributed by atoms with Crippen LogP contribution in [0.3, 0.4) is 0 Å². The Morgan fingerprint density at radius 2 is 2.31 bits per heavy atom. The third kappa shape index (κ3) is 1.42. The van der Waals surface area contributed by atoms with E-state index in [2.05, 4.69) is 19.1 Å². The summed E-state index contributed by atoms with van der Waals surface area (Å²) in [4.78, 5) is 0. The first-order valence-electron chi connectivity index (χ1n) is 4.74. The summed E-state index contributed by atoms with van der Waals surface area (Å²) < 4.78 is 5.58. The summed E-state index contributed by atoms with van der Waals surface area (Å²) in [6.45, 7) is 3.69. The molecule has 1 aromatic carbocycles. The Balaban J connectivity index is 2.28. The molecule has 0 bridgehead atoms. The van der Waals surface area contributed by atoms with Gasteiger partial charge in [0.15, 0.2) is 0 Å². The van der Waals surface area contributed by atoms with Gasteiger partial charge in [0.25, 0.3) is 0 Å². The van der Waals surface area contributed by atoms with Crippen molar-refractivity contribution in [3.63, 3.8) is 0 Å². The molecule has 1 aromatic rings. The number of para-hydroxylation sites is 1. The fourth-order valence-electron chi connectivity index (χ4n) is 1.82. The number of rotatable bonds is 2. The van der Waals surface area contributed by atoms with Gasteiger partial charge in [0.2, 0.25) is 0 Å². The predicted molar refractivity (Wildman–Crippen MR) is 52.9 cm³/mol. The van der Waals surface area contributed by atoms with Crippen LogP contribution in [0.2, 0.25) is 0 Å². The highest BCUT2D eigenvalue weighted by atomic mass is 16.5. The van der Waals surface area contributed by atoms with Gasteiger partial charge in [0.1, 0.15) is 5.75 Å². The maximum absolute atomic E-state index is 5.65. The highest BCUT2D eigenvalue weighted by Crippen LogP contribution is 2.37. The van der Waals surface area contributed by atoms with Gasteiger partial charge >= 0.3 is 0 Å². The lowest BCUT2D eigenvalue weighted by Crippen LogP contribution is -2.20. The lowest BCUT2D eigenvalue weighted by Gasteiger charge is -2.15. The summed E-state index contributed by atoms with van der Waals surface area (Å²) in [6.07, 6.45) is 0. The molecule has 2 heteroatoms. The van der Waals surface area contributed by atoms with E-state index in [9.17, 15) is 0 Å². The molecule has 0 amide bonds. The minimum absolute atomic E-state index is 0.487. The zero-order valence-electron chi connectivity index (χ0n) is 7.86. The van der Waals surface area contributed by atoms with Crippen molar-refractivity contribution >= 4 is 0 Å². The second kappa shape index (κ2) is 3.38. The van der Waals surface area contributed by atoms with Gasteiger partial charge in [-0.15, -0.1) is 0 Å². The molecule has 1 aliphatic heterocycles. The molecular formula is C11H15NO. The van der Waals surface area contributed by atoms with E-state index in [0.717, 1.165) is 18.9 Å². The topological polar surface area (TPSA) is 35.2 Å². The van der Waals surface area contributed by atoms with Crippen LogP contribution in [0.25, 0.3) is 0 Å². The van der Waals surface area contributed by atoms with Gasteiger partial charge in [-0.05, 0) is 18.5 Å². The van der Waals surface area contributed by atoms with Crippen molar-refractivity contribution in [1.82, 2.24) is 0 Å². The third-order valence-corrected chi connectivity index (χ3v) is 2.80. The molecule has 1 heterocycles. The normalized spacial score (nSPS) is 22.2. The molecule has 1 aliphatic rings. The molecule has 0 saturated heterocycles. The number of hydrogen-bond donors (Lipinski definition) is 1. The molecule has 0 radical (unpaired) electrons. The molecular weight excluding hydrogens is 162 g/mol. The Morgan fingerprint density at radius 1 is 1.54 bits per heavy atom. The van der Waals surface area contributed by atoms with Gasteiger partial charge in [0.05, 0.1) is 6.61 Å².